The maximum absolute atomic E-state index is 13.2. The first-order valence-electron chi connectivity index (χ1n) is 10.3. The quantitative estimate of drug-likeness (QED) is 0.622. The molecule has 1 aromatic carbocycles. The summed E-state index contributed by atoms with van der Waals surface area (Å²) in [5, 5.41) is 0. The van der Waals surface area contributed by atoms with Crippen molar-refractivity contribution in [1.82, 2.24) is 19.4 Å². The van der Waals surface area contributed by atoms with Crippen molar-refractivity contribution in [2.75, 3.05) is 27.3 Å². The van der Waals surface area contributed by atoms with Gasteiger partial charge in [0.25, 0.3) is 5.91 Å². The van der Waals surface area contributed by atoms with Gasteiger partial charge in [-0.15, -0.1) is 0 Å². The molecule has 0 spiro atoms. The maximum Gasteiger partial charge on any atom is 0.254 e. The van der Waals surface area contributed by atoms with Crippen molar-refractivity contribution in [2.24, 2.45) is 5.92 Å². The summed E-state index contributed by atoms with van der Waals surface area (Å²) >= 11 is 0. The standard InChI is InChI=1S/C23H28N4O3/c1-15(2)13-27-21-12-24-7-5-20(21)25-22(27)16-6-8-26(14-16)23(28)17-9-18(29-3)11-19(10-17)30-4/h5,7,9-12,15-16H,6,8,13-14H2,1-4H3. The zero-order valence-electron chi connectivity index (χ0n) is 18.0. The number of imidazole rings is 1. The number of nitrogens with zero attached hydrogens (tertiary/aromatic N) is 4. The third-order valence-corrected chi connectivity index (χ3v) is 5.57. The normalized spacial score (nSPS) is 16.4. The highest BCUT2D eigenvalue weighted by Crippen LogP contribution is 2.32. The van der Waals surface area contributed by atoms with Crippen molar-refractivity contribution in [2.45, 2.75) is 32.7 Å². The van der Waals surface area contributed by atoms with E-state index >= 15 is 0 Å². The molecule has 7 heteroatoms. The Labute approximate surface area is 176 Å². The van der Waals surface area contributed by atoms with Crippen LogP contribution in [0, 0.1) is 5.92 Å². The largest absolute Gasteiger partial charge is 0.497 e. The Morgan fingerprint density at radius 1 is 1.20 bits per heavy atom. The van der Waals surface area contributed by atoms with E-state index in [0.29, 0.717) is 36.1 Å². The summed E-state index contributed by atoms with van der Waals surface area (Å²) in [7, 11) is 3.17. The number of ether oxygens (including phenoxy) is 2. The highest BCUT2D eigenvalue weighted by molar-refractivity contribution is 5.95. The molecule has 30 heavy (non-hydrogen) atoms. The van der Waals surface area contributed by atoms with Crippen LogP contribution < -0.4 is 9.47 Å². The van der Waals surface area contributed by atoms with Gasteiger partial charge in [0.2, 0.25) is 0 Å². The van der Waals surface area contributed by atoms with E-state index in [-0.39, 0.29) is 11.8 Å². The second kappa shape index (κ2) is 8.34. The molecule has 0 aliphatic carbocycles. The minimum absolute atomic E-state index is 0.0112. The van der Waals surface area contributed by atoms with E-state index in [1.54, 1.807) is 38.6 Å². The number of hydrogen-bond acceptors (Lipinski definition) is 5. The number of rotatable bonds is 6. The van der Waals surface area contributed by atoms with Crippen LogP contribution in [0.2, 0.25) is 0 Å². The Morgan fingerprint density at radius 3 is 2.60 bits per heavy atom. The van der Waals surface area contributed by atoms with Gasteiger partial charge in [0.1, 0.15) is 17.3 Å². The van der Waals surface area contributed by atoms with Crippen molar-refractivity contribution in [3.05, 3.63) is 48.0 Å². The fourth-order valence-corrected chi connectivity index (χ4v) is 4.13. The summed E-state index contributed by atoms with van der Waals surface area (Å²) in [6.07, 6.45) is 4.55. The number of amides is 1. The lowest BCUT2D eigenvalue weighted by Crippen LogP contribution is -2.28. The maximum atomic E-state index is 13.2. The van der Waals surface area contributed by atoms with Crippen LogP contribution in [0.5, 0.6) is 11.5 Å². The third kappa shape index (κ3) is 3.84. The molecule has 0 bridgehead atoms. The van der Waals surface area contributed by atoms with Crippen LogP contribution in [0.25, 0.3) is 11.0 Å². The molecule has 1 amide bonds. The summed E-state index contributed by atoms with van der Waals surface area (Å²) < 4.78 is 12.9. The molecule has 3 aromatic rings. The molecular weight excluding hydrogens is 380 g/mol. The highest BCUT2D eigenvalue weighted by atomic mass is 16.5. The van der Waals surface area contributed by atoms with Crippen LogP contribution in [-0.4, -0.2) is 52.7 Å². The van der Waals surface area contributed by atoms with Gasteiger partial charge >= 0.3 is 0 Å². The molecule has 1 saturated heterocycles. The predicted octanol–water partition coefficient (Wildman–Crippen LogP) is 3.73. The molecule has 0 radical (unpaired) electrons. The monoisotopic (exact) mass is 408 g/mol. The lowest BCUT2D eigenvalue weighted by atomic mass is 10.1. The van der Waals surface area contributed by atoms with E-state index in [9.17, 15) is 4.79 Å². The number of pyridine rings is 1. The Morgan fingerprint density at radius 2 is 1.93 bits per heavy atom. The second-order valence-corrected chi connectivity index (χ2v) is 8.18. The molecule has 0 N–H and O–H groups in total. The van der Waals surface area contributed by atoms with Crippen LogP contribution in [0.3, 0.4) is 0 Å². The average Bonchev–Trinajstić information content (AvgIpc) is 3.38. The van der Waals surface area contributed by atoms with Crippen LogP contribution in [0.4, 0.5) is 0 Å². The number of aromatic nitrogens is 3. The van der Waals surface area contributed by atoms with Gasteiger partial charge in [-0.25, -0.2) is 4.98 Å². The molecule has 0 saturated carbocycles. The number of carbonyl (C=O) groups excluding carboxylic acids is 1. The van der Waals surface area contributed by atoms with Gasteiger partial charge in [-0.2, -0.15) is 0 Å². The number of fused-ring (bicyclic) bond motifs is 1. The Hall–Kier alpha value is -3.09. The van der Waals surface area contributed by atoms with Gasteiger partial charge in [0.05, 0.1) is 31.4 Å². The smallest absolute Gasteiger partial charge is 0.254 e. The van der Waals surface area contributed by atoms with Gasteiger partial charge in [-0.05, 0) is 30.5 Å². The lowest BCUT2D eigenvalue weighted by Gasteiger charge is -2.19. The summed E-state index contributed by atoms with van der Waals surface area (Å²) in [6.45, 7) is 6.63. The number of likely N-dealkylation sites (tertiary alicyclic amines) is 1. The molecule has 1 fully saturated rings. The first-order chi connectivity index (χ1) is 14.5. The van der Waals surface area contributed by atoms with Gasteiger partial charge in [-0.1, -0.05) is 13.8 Å². The van der Waals surface area contributed by atoms with Crippen molar-refractivity contribution in [3.63, 3.8) is 0 Å². The predicted molar refractivity (Wildman–Crippen MR) is 115 cm³/mol. The van der Waals surface area contributed by atoms with E-state index in [2.05, 4.69) is 23.4 Å². The van der Waals surface area contributed by atoms with Gasteiger partial charge in [0, 0.05) is 43.4 Å². The van der Waals surface area contributed by atoms with Crippen molar-refractivity contribution in [1.29, 1.82) is 0 Å². The zero-order valence-corrected chi connectivity index (χ0v) is 18.0. The van der Waals surface area contributed by atoms with Crippen LogP contribution in [0.15, 0.2) is 36.7 Å². The second-order valence-electron chi connectivity index (χ2n) is 8.18. The minimum Gasteiger partial charge on any atom is -0.497 e. The first kappa shape index (κ1) is 20.2. The molecule has 1 aliphatic heterocycles. The Bertz CT molecular complexity index is 1040. The first-order valence-corrected chi connectivity index (χ1v) is 10.3. The van der Waals surface area contributed by atoms with E-state index in [0.717, 1.165) is 29.8 Å². The average molecular weight is 409 g/mol. The summed E-state index contributed by atoms with van der Waals surface area (Å²) in [4.78, 5) is 24.3. The number of benzene rings is 1. The number of methoxy groups -OCH3 is 2. The van der Waals surface area contributed by atoms with Crippen LogP contribution in [-0.2, 0) is 6.54 Å². The minimum atomic E-state index is -0.0112. The Balaban J connectivity index is 1.60. The SMILES string of the molecule is COc1cc(OC)cc(C(=O)N2CCC(c3nc4ccncc4n3CC(C)C)C2)c1. The Kier molecular flexibility index (Phi) is 5.61. The van der Waals surface area contributed by atoms with Crippen LogP contribution >= 0.6 is 0 Å². The van der Waals surface area contributed by atoms with Gasteiger partial charge < -0.3 is 18.9 Å². The van der Waals surface area contributed by atoms with E-state index in [1.165, 1.54) is 0 Å². The number of hydrogen-bond donors (Lipinski definition) is 0. The van der Waals surface area contributed by atoms with Crippen molar-refractivity contribution < 1.29 is 14.3 Å². The highest BCUT2D eigenvalue weighted by Gasteiger charge is 2.32. The molecule has 158 valence electrons. The zero-order chi connectivity index (χ0) is 21.3. The molecule has 7 nitrogen and oxygen atoms in total. The van der Waals surface area contributed by atoms with Gasteiger partial charge in [0.15, 0.2) is 0 Å². The third-order valence-electron chi connectivity index (χ3n) is 5.57. The van der Waals surface area contributed by atoms with E-state index < -0.39 is 0 Å². The molecule has 4 rings (SSSR count). The molecule has 3 heterocycles. The molecule has 2 aromatic heterocycles. The van der Waals surface area contributed by atoms with Crippen molar-refractivity contribution >= 4 is 16.9 Å². The molecule has 1 atom stereocenters. The lowest BCUT2D eigenvalue weighted by molar-refractivity contribution is 0.0789. The van der Waals surface area contributed by atoms with Crippen LogP contribution in [0.1, 0.15) is 42.4 Å². The fourth-order valence-electron chi connectivity index (χ4n) is 4.13. The summed E-state index contributed by atoms with van der Waals surface area (Å²) in [5.41, 5.74) is 2.60. The van der Waals surface area contributed by atoms with Crippen molar-refractivity contribution in [3.8, 4) is 11.5 Å². The number of carbonyl (C=O) groups is 1. The molecular formula is C23H28N4O3. The van der Waals surface area contributed by atoms with E-state index in [1.807, 2.05) is 17.2 Å². The molecule has 1 aliphatic rings. The summed E-state index contributed by atoms with van der Waals surface area (Å²) in [5.74, 6) is 2.95. The topological polar surface area (TPSA) is 69.5 Å². The summed E-state index contributed by atoms with van der Waals surface area (Å²) in [6, 6.07) is 7.25. The van der Waals surface area contributed by atoms with E-state index in [4.69, 9.17) is 14.5 Å². The fraction of sp³-hybridized carbons (Fsp3) is 0.435. The molecule has 1 unspecified atom stereocenters. The van der Waals surface area contributed by atoms with Gasteiger partial charge in [-0.3, -0.25) is 9.78 Å².